The number of hydrogen-bond donors (Lipinski definition) is 0. The van der Waals surface area contributed by atoms with Crippen molar-refractivity contribution in [3.05, 3.63) is 0 Å². The monoisotopic (exact) mass is 150 g/mol. The zero-order valence-electron chi connectivity index (χ0n) is 4.54. The molecule has 6 heteroatoms. The SMILES string of the molecule is C[OH+]C.[F][Al-]([F])([F])[F]. The highest BCUT2D eigenvalue weighted by Crippen LogP contribution is 2.06. The molecule has 0 saturated heterocycles. The van der Waals surface area contributed by atoms with Crippen molar-refractivity contribution in [1.82, 2.24) is 0 Å². The summed E-state index contributed by atoms with van der Waals surface area (Å²) in [7, 11) is 3.50. The molecule has 0 aliphatic rings. The van der Waals surface area contributed by atoms with Gasteiger partial charge >= 0.3 is 14.9 Å². The molecule has 0 saturated carbocycles. The fraction of sp³-hybridized carbons (Fsp3) is 1.00. The van der Waals surface area contributed by atoms with E-state index in [1.165, 1.54) is 0 Å². The first kappa shape index (κ1) is 11.1. The van der Waals surface area contributed by atoms with Crippen LogP contribution in [0, 0.1) is 0 Å². The van der Waals surface area contributed by atoms with E-state index in [4.69, 9.17) is 0 Å². The third-order valence-electron chi connectivity index (χ3n) is 0. The van der Waals surface area contributed by atoms with Crippen molar-refractivity contribution in [3.63, 3.8) is 0 Å². The van der Waals surface area contributed by atoms with E-state index in [-0.39, 0.29) is 0 Å². The van der Waals surface area contributed by atoms with Crippen molar-refractivity contribution in [2.75, 3.05) is 14.2 Å². The molecule has 0 amide bonds. The summed E-state index contributed by atoms with van der Waals surface area (Å²) in [6.45, 7) is 0. The highest BCUT2D eigenvalue weighted by atomic mass is 27.5. The van der Waals surface area contributed by atoms with E-state index < -0.39 is 14.9 Å². The summed E-state index contributed by atoms with van der Waals surface area (Å²) in [5.74, 6) is 0. The molecule has 0 rings (SSSR count). The molecule has 0 aliphatic heterocycles. The first-order chi connectivity index (χ1) is 3.41. The quantitative estimate of drug-likeness (QED) is 0.278. The molecule has 0 heterocycles. The molecule has 0 aromatic carbocycles. The van der Waals surface area contributed by atoms with Gasteiger partial charge in [0.25, 0.3) is 0 Å². The Balaban J connectivity index is 0. The van der Waals surface area contributed by atoms with Crippen molar-refractivity contribution < 1.29 is 18.8 Å². The molecule has 0 bridgehead atoms. The van der Waals surface area contributed by atoms with Crippen LogP contribution in [-0.4, -0.2) is 33.9 Å². The second-order valence-corrected chi connectivity index (χ2v) is 1.93. The molecular formula is C2H7AlF4O. The van der Waals surface area contributed by atoms with Gasteiger partial charge in [0.1, 0.15) is 14.2 Å². The lowest BCUT2D eigenvalue weighted by atomic mass is 11.6. The van der Waals surface area contributed by atoms with Crippen molar-refractivity contribution in [2.45, 2.75) is 0 Å². The second-order valence-electron chi connectivity index (χ2n) is 0.942. The van der Waals surface area contributed by atoms with Gasteiger partial charge in [0.15, 0.2) is 0 Å². The van der Waals surface area contributed by atoms with Gasteiger partial charge in [-0.05, 0) is 0 Å². The molecule has 0 aliphatic carbocycles. The maximum absolute atomic E-state index is 9.85. The van der Waals surface area contributed by atoms with Gasteiger partial charge in [-0.1, -0.05) is 0 Å². The summed E-state index contributed by atoms with van der Waals surface area (Å²) >= 11 is -6.83. The lowest BCUT2D eigenvalue weighted by molar-refractivity contribution is 0.0768. The number of ether oxygens (including phenoxy) is 1. The van der Waals surface area contributed by atoms with Crippen molar-refractivity contribution in [2.24, 2.45) is 0 Å². The van der Waals surface area contributed by atoms with E-state index in [1.807, 2.05) is 0 Å². The van der Waals surface area contributed by atoms with E-state index >= 15 is 0 Å². The van der Waals surface area contributed by atoms with Crippen LogP contribution in [0.5, 0.6) is 0 Å². The lowest BCUT2D eigenvalue weighted by Crippen LogP contribution is -2.02. The highest BCUT2D eigenvalue weighted by Gasteiger charge is 2.41. The van der Waals surface area contributed by atoms with Gasteiger partial charge in [0.2, 0.25) is 0 Å². The summed E-state index contributed by atoms with van der Waals surface area (Å²) < 4.78 is 42.9. The third kappa shape index (κ3) is 3740. The zero-order valence-corrected chi connectivity index (χ0v) is 5.69. The Labute approximate surface area is 48.8 Å². The first-order valence-corrected chi connectivity index (χ1v) is 3.51. The van der Waals surface area contributed by atoms with Crippen molar-refractivity contribution in [3.8, 4) is 0 Å². The predicted octanol–water partition coefficient (Wildman–Crippen LogP) is 1.07. The normalized spacial score (nSPS) is 9.75. The fourth-order valence-corrected chi connectivity index (χ4v) is 0. The first-order valence-electron chi connectivity index (χ1n) is 1.77. The molecule has 0 fully saturated rings. The zero-order chi connectivity index (χ0) is 7.21. The number of hydrogen-bond acceptors (Lipinski definition) is 0. The Morgan fingerprint density at radius 2 is 1.00 bits per heavy atom. The van der Waals surface area contributed by atoms with Crippen molar-refractivity contribution >= 4 is 14.9 Å². The average Bonchev–Trinajstić information content (AvgIpc) is 1.27. The van der Waals surface area contributed by atoms with Crippen LogP contribution >= 0.6 is 0 Å². The van der Waals surface area contributed by atoms with Crippen LogP contribution in [0.25, 0.3) is 0 Å². The van der Waals surface area contributed by atoms with Crippen LogP contribution < -0.4 is 0 Å². The van der Waals surface area contributed by atoms with Gasteiger partial charge in [0, 0.05) is 0 Å². The van der Waals surface area contributed by atoms with Gasteiger partial charge in [-0.3, -0.25) is 0 Å². The van der Waals surface area contributed by atoms with Crippen LogP contribution in [0.2, 0.25) is 0 Å². The molecule has 1 N–H and O–H groups in total. The standard InChI is InChI=1S/C2H6O.Al.4FH/c1-3-2;;;;;/h1-2H3;;4*1H/q;+3;;;;/p-3. The molecule has 0 atom stereocenters. The summed E-state index contributed by atoms with van der Waals surface area (Å²) in [5.41, 5.74) is 0. The van der Waals surface area contributed by atoms with E-state index in [9.17, 15) is 14.1 Å². The minimum atomic E-state index is -6.83. The van der Waals surface area contributed by atoms with E-state index in [0.29, 0.717) is 0 Å². The molecule has 0 spiro atoms. The molecule has 1 nitrogen and oxygen atoms in total. The average molecular weight is 150 g/mol. The molecule has 0 radical (unpaired) electrons. The molecular weight excluding hydrogens is 143 g/mol. The Morgan fingerprint density at radius 3 is 1.00 bits per heavy atom. The van der Waals surface area contributed by atoms with Gasteiger partial charge in [-0.25, -0.2) is 0 Å². The van der Waals surface area contributed by atoms with Gasteiger partial charge < -0.3 is 18.8 Å². The van der Waals surface area contributed by atoms with Crippen LogP contribution in [-0.2, 0) is 0 Å². The minimum absolute atomic E-state index is 1.75. The summed E-state index contributed by atoms with van der Waals surface area (Å²) in [6, 6.07) is 0. The summed E-state index contributed by atoms with van der Waals surface area (Å²) in [5, 5.41) is 0. The second kappa shape index (κ2) is 5.35. The smallest absolute Gasteiger partial charge is 0.510 e. The molecule has 8 heavy (non-hydrogen) atoms. The maximum Gasteiger partial charge on any atom is 1.04 e. The number of rotatable bonds is 0. The Morgan fingerprint density at radius 1 is 1.00 bits per heavy atom. The molecule has 0 unspecified atom stereocenters. The molecule has 0 aromatic rings. The Kier molecular flexibility index (Phi) is 7.40. The third-order valence-corrected chi connectivity index (χ3v) is 0. The summed E-state index contributed by atoms with van der Waals surface area (Å²) in [6.07, 6.45) is 0. The largest absolute Gasteiger partial charge is 1.04 e. The minimum Gasteiger partial charge on any atom is -0.510 e. The Hall–Kier alpha value is 0.212. The topological polar surface area (TPSA) is 12.8 Å². The highest BCUT2D eigenvalue weighted by molar-refractivity contribution is 6.50. The molecule has 52 valence electrons. The van der Waals surface area contributed by atoms with Crippen LogP contribution in [0.1, 0.15) is 0 Å². The van der Waals surface area contributed by atoms with Crippen LogP contribution in [0.3, 0.4) is 0 Å². The molecule has 0 aromatic heterocycles. The predicted molar refractivity (Wildman–Crippen MR) is 24.3 cm³/mol. The van der Waals surface area contributed by atoms with E-state index in [0.717, 1.165) is 0 Å². The lowest BCUT2D eigenvalue weighted by Gasteiger charge is -1.88. The van der Waals surface area contributed by atoms with Gasteiger partial charge in [0.05, 0.1) is 0 Å². The van der Waals surface area contributed by atoms with E-state index in [2.05, 4.69) is 4.74 Å². The van der Waals surface area contributed by atoms with Crippen LogP contribution in [0.4, 0.5) is 14.1 Å². The number of aliphatic hydroxyl groups is 2. The summed E-state index contributed by atoms with van der Waals surface area (Å²) in [4.78, 5) is 0. The number of halogens is 4. The maximum atomic E-state index is 9.85. The Bertz CT molecular complexity index is 37.8. The van der Waals surface area contributed by atoms with Crippen molar-refractivity contribution in [1.29, 1.82) is 0 Å². The fourth-order valence-electron chi connectivity index (χ4n) is 0. The van der Waals surface area contributed by atoms with Gasteiger partial charge in [-0.15, -0.1) is 0 Å². The van der Waals surface area contributed by atoms with Gasteiger partial charge in [-0.2, -0.15) is 0 Å². The van der Waals surface area contributed by atoms with Crippen LogP contribution in [0.15, 0.2) is 0 Å². The van der Waals surface area contributed by atoms with E-state index in [1.54, 1.807) is 14.2 Å².